The second kappa shape index (κ2) is 9.44. The Morgan fingerprint density at radius 2 is 2.00 bits per heavy atom. The maximum absolute atomic E-state index is 11.6. The number of hydrogen-bond acceptors (Lipinski definition) is 6. The summed E-state index contributed by atoms with van der Waals surface area (Å²) in [7, 11) is 2.94. The van der Waals surface area contributed by atoms with Gasteiger partial charge < -0.3 is 14.6 Å². The minimum atomic E-state index is -0.470. The van der Waals surface area contributed by atoms with Gasteiger partial charge in [-0.2, -0.15) is 0 Å². The summed E-state index contributed by atoms with van der Waals surface area (Å²) in [5, 5.41) is 16.6. The molecule has 0 amide bonds. The van der Waals surface area contributed by atoms with Crippen LogP contribution in [0.3, 0.4) is 0 Å². The van der Waals surface area contributed by atoms with E-state index in [4.69, 9.17) is 14.6 Å². The lowest BCUT2D eigenvalue weighted by atomic mass is 10.2. The number of aromatic nitrogens is 3. The van der Waals surface area contributed by atoms with Crippen molar-refractivity contribution in [3.05, 3.63) is 11.4 Å². The van der Waals surface area contributed by atoms with Gasteiger partial charge in [0.15, 0.2) is 5.69 Å². The van der Waals surface area contributed by atoms with Crippen LogP contribution in [0.25, 0.3) is 0 Å². The minimum absolute atomic E-state index is 0.231. The van der Waals surface area contributed by atoms with Gasteiger partial charge in [0.2, 0.25) is 0 Å². The first kappa shape index (κ1) is 16.6. The standard InChI is InChI=1S/C13H23N3O4/c1-19-10-7-11-12(13(18)20-2)14-15-16(11)8-5-3-4-6-9-17/h17H,3-10H2,1-2H3. The lowest BCUT2D eigenvalue weighted by Gasteiger charge is -2.07. The monoisotopic (exact) mass is 285 g/mol. The molecular formula is C13H23N3O4. The molecule has 0 saturated heterocycles. The fourth-order valence-corrected chi connectivity index (χ4v) is 1.94. The Hall–Kier alpha value is -1.47. The fraction of sp³-hybridized carbons (Fsp3) is 0.769. The molecule has 1 heterocycles. The Bertz CT molecular complexity index is 406. The van der Waals surface area contributed by atoms with Gasteiger partial charge in [-0.25, -0.2) is 9.48 Å². The van der Waals surface area contributed by atoms with E-state index in [-0.39, 0.29) is 12.3 Å². The molecule has 1 aromatic heterocycles. The third kappa shape index (κ3) is 4.90. The number of nitrogens with zero attached hydrogens (tertiary/aromatic N) is 3. The molecule has 0 aromatic carbocycles. The van der Waals surface area contributed by atoms with Gasteiger partial charge in [-0.15, -0.1) is 5.10 Å². The van der Waals surface area contributed by atoms with E-state index in [1.54, 1.807) is 11.8 Å². The lowest BCUT2D eigenvalue weighted by molar-refractivity contribution is 0.0592. The van der Waals surface area contributed by atoms with Crippen LogP contribution in [0, 0.1) is 0 Å². The Morgan fingerprint density at radius 1 is 1.25 bits per heavy atom. The Labute approximate surface area is 118 Å². The molecule has 1 N–H and O–H groups in total. The summed E-state index contributed by atoms with van der Waals surface area (Å²) < 4.78 is 11.5. The first-order valence-electron chi connectivity index (χ1n) is 6.85. The van der Waals surface area contributed by atoms with E-state index in [9.17, 15) is 4.79 Å². The van der Waals surface area contributed by atoms with Gasteiger partial charge >= 0.3 is 5.97 Å². The molecule has 1 aromatic rings. The van der Waals surface area contributed by atoms with Crippen molar-refractivity contribution < 1.29 is 19.4 Å². The Morgan fingerprint density at radius 3 is 2.65 bits per heavy atom. The van der Waals surface area contributed by atoms with Crippen molar-refractivity contribution in [2.75, 3.05) is 27.4 Å². The van der Waals surface area contributed by atoms with Crippen molar-refractivity contribution in [2.45, 2.75) is 38.6 Å². The molecule has 0 aliphatic carbocycles. The first-order chi connectivity index (χ1) is 9.74. The summed E-state index contributed by atoms with van der Waals surface area (Å²) in [6.45, 7) is 1.44. The van der Waals surface area contributed by atoms with Gasteiger partial charge in [-0.1, -0.05) is 18.1 Å². The molecule has 0 saturated carbocycles. The summed E-state index contributed by atoms with van der Waals surface area (Å²) in [5.41, 5.74) is 1.01. The lowest BCUT2D eigenvalue weighted by Crippen LogP contribution is -2.12. The Kier molecular flexibility index (Phi) is 7.82. The van der Waals surface area contributed by atoms with Crippen LogP contribution >= 0.6 is 0 Å². The third-order valence-electron chi connectivity index (χ3n) is 3.04. The van der Waals surface area contributed by atoms with E-state index >= 15 is 0 Å². The summed E-state index contributed by atoms with van der Waals surface area (Å²) in [5.74, 6) is -0.470. The molecule has 0 fully saturated rings. The molecule has 1 rings (SSSR count). The second-order valence-corrected chi connectivity index (χ2v) is 4.48. The third-order valence-corrected chi connectivity index (χ3v) is 3.04. The smallest absolute Gasteiger partial charge is 0.360 e. The number of ether oxygens (including phenoxy) is 2. The average Bonchev–Trinajstić information content (AvgIpc) is 2.87. The normalized spacial score (nSPS) is 10.8. The van der Waals surface area contributed by atoms with Crippen molar-refractivity contribution in [2.24, 2.45) is 0 Å². The molecule has 0 bridgehead atoms. The van der Waals surface area contributed by atoms with E-state index < -0.39 is 5.97 Å². The van der Waals surface area contributed by atoms with Gasteiger partial charge in [0.1, 0.15) is 0 Å². The van der Waals surface area contributed by atoms with E-state index in [1.165, 1.54) is 7.11 Å². The first-order valence-corrected chi connectivity index (χ1v) is 6.85. The SMILES string of the molecule is COCCc1c(C(=O)OC)nnn1CCCCCCO. The number of methoxy groups -OCH3 is 2. The average molecular weight is 285 g/mol. The van der Waals surface area contributed by atoms with Crippen LogP contribution in [0.4, 0.5) is 0 Å². The number of aliphatic hydroxyl groups is 1. The molecule has 20 heavy (non-hydrogen) atoms. The number of aryl methyl sites for hydroxylation is 1. The highest BCUT2D eigenvalue weighted by Crippen LogP contribution is 2.10. The number of unbranched alkanes of at least 4 members (excludes halogenated alkanes) is 3. The zero-order valence-corrected chi connectivity index (χ0v) is 12.2. The summed E-state index contributed by atoms with van der Waals surface area (Å²) >= 11 is 0. The van der Waals surface area contributed by atoms with Crippen LogP contribution in [0.15, 0.2) is 0 Å². The van der Waals surface area contributed by atoms with Crippen molar-refractivity contribution in [3.8, 4) is 0 Å². The number of aliphatic hydroxyl groups excluding tert-OH is 1. The quantitative estimate of drug-likeness (QED) is 0.505. The van der Waals surface area contributed by atoms with Crippen molar-refractivity contribution in [1.82, 2.24) is 15.0 Å². The maximum atomic E-state index is 11.6. The molecule has 0 spiro atoms. The summed E-state index contributed by atoms with van der Waals surface area (Å²) in [6, 6.07) is 0. The largest absolute Gasteiger partial charge is 0.464 e. The van der Waals surface area contributed by atoms with Crippen molar-refractivity contribution in [1.29, 1.82) is 0 Å². The molecule has 114 valence electrons. The van der Waals surface area contributed by atoms with E-state index in [1.807, 2.05) is 0 Å². The number of esters is 1. The highest BCUT2D eigenvalue weighted by atomic mass is 16.5. The zero-order valence-electron chi connectivity index (χ0n) is 12.2. The number of carbonyl (C=O) groups is 1. The van der Waals surface area contributed by atoms with Gasteiger partial charge in [0, 0.05) is 26.7 Å². The molecule has 0 aliphatic rings. The second-order valence-electron chi connectivity index (χ2n) is 4.48. The van der Waals surface area contributed by atoms with E-state index in [0.717, 1.165) is 31.4 Å². The van der Waals surface area contributed by atoms with Crippen molar-refractivity contribution in [3.63, 3.8) is 0 Å². The van der Waals surface area contributed by atoms with Crippen LogP contribution in [0.1, 0.15) is 41.9 Å². The van der Waals surface area contributed by atoms with Crippen LogP contribution in [0.5, 0.6) is 0 Å². The minimum Gasteiger partial charge on any atom is -0.464 e. The van der Waals surface area contributed by atoms with Gasteiger partial charge in [0.25, 0.3) is 0 Å². The molecule has 0 unspecified atom stereocenters. The molecule has 0 radical (unpaired) electrons. The maximum Gasteiger partial charge on any atom is 0.360 e. The molecular weight excluding hydrogens is 262 g/mol. The number of rotatable bonds is 10. The van der Waals surface area contributed by atoms with Crippen molar-refractivity contribution >= 4 is 5.97 Å². The zero-order chi connectivity index (χ0) is 14.8. The number of hydrogen-bond donors (Lipinski definition) is 1. The topological polar surface area (TPSA) is 86.5 Å². The molecule has 0 aliphatic heterocycles. The Balaban J connectivity index is 2.64. The van der Waals surface area contributed by atoms with E-state index in [2.05, 4.69) is 10.3 Å². The predicted molar refractivity (Wildman–Crippen MR) is 72.5 cm³/mol. The van der Waals surface area contributed by atoms with Crippen LogP contribution in [-0.4, -0.2) is 53.5 Å². The van der Waals surface area contributed by atoms with E-state index in [0.29, 0.717) is 19.6 Å². The van der Waals surface area contributed by atoms with Gasteiger partial charge in [0.05, 0.1) is 19.4 Å². The molecule has 7 nitrogen and oxygen atoms in total. The van der Waals surface area contributed by atoms with Crippen LogP contribution in [0.2, 0.25) is 0 Å². The number of carbonyl (C=O) groups excluding carboxylic acids is 1. The highest BCUT2D eigenvalue weighted by Gasteiger charge is 2.19. The summed E-state index contributed by atoms with van der Waals surface area (Å²) in [6.07, 6.45) is 4.33. The fourth-order valence-electron chi connectivity index (χ4n) is 1.94. The molecule has 0 atom stereocenters. The molecule has 7 heteroatoms. The summed E-state index contributed by atoms with van der Waals surface area (Å²) in [4.78, 5) is 11.6. The van der Waals surface area contributed by atoms with Gasteiger partial charge in [-0.3, -0.25) is 0 Å². The van der Waals surface area contributed by atoms with Crippen LogP contribution in [-0.2, 0) is 22.4 Å². The predicted octanol–water partition coefficient (Wildman–Crippen LogP) is 0.806. The van der Waals surface area contributed by atoms with Gasteiger partial charge in [-0.05, 0) is 12.8 Å². The van der Waals surface area contributed by atoms with Crippen LogP contribution < -0.4 is 0 Å². The highest BCUT2D eigenvalue weighted by molar-refractivity contribution is 5.88.